The number of hydrogen-bond donors (Lipinski definition) is 1. The molecule has 0 saturated heterocycles. The highest BCUT2D eigenvalue weighted by atomic mass is 16.6. The van der Waals surface area contributed by atoms with Crippen molar-refractivity contribution in [1.82, 2.24) is 0 Å². The number of rotatable bonds is 1. The van der Waals surface area contributed by atoms with Crippen LogP contribution in [0.5, 0.6) is 23.0 Å². The Labute approximate surface area is 210 Å². The molecular formula is C32H26O4. The van der Waals surface area contributed by atoms with E-state index in [0.717, 1.165) is 39.5 Å². The minimum absolute atomic E-state index is 0.222. The van der Waals surface area contributed by atoms with Crippen molar-refractivity contribution in [3.63, 3.8) is 0 Å². The Morgan fingerprint density at radius 1 is 0.611 bits per heavy atom. The van der Waals surface area contributed by atoms with E-state index in [1.807, 2.05) is 54.6 Å². The maximum atomic E-state index is 11.4. The lowest BCUT2D eigenvalue weighted by molar-refractivity contribution is -0.184. The summed E-state index contributed by atoms with van der Waals surface area (Å²) in [5.41, 5.74) is 0.916. The standard InChI is InChI=1S/C32H26O4/c1-29-19-31(35-25-16-8-4-12-21(25)29)23-14-6-10-18-27(23)34-30(2)22-13-5-9-17-26(22)36-32(29,28(30)31)20-11-3-7-15-24(20)33/h3-18,28,33H,19H2,1-2H3/t28-,29+,30+,31-,32-/m1/s1. The molecule has 1 aliphatic carbocycles. The van der Waals surface area contributed by atoms with Gasteiger partial charge in [0, 0.05) is 34.1 Å². The first-order valence-corrected chi connectivity index (χ1v) is 12.6. The van der Waals surface area contributed by atoms with E-state index in [0.29, 0.717) is 6.42 Å². The van der Waals surface area contributed by atoms with Crippen molar-refractivity contribution in [1.29, 1.82) is 0 Å². The van der Waals surface area contributed by atoms with Crippen LogP contribution in [0.1, 0.15) is 42.5 Å². The van der Waals surface area contributed by atoms with Gasteiger partial charge in [-0.3, -0.25) is 0 Å². The fraction of sp³-hybridized carbons (Fsp3) is 0.250. The van der Waals surface area contributed by atoms with Gasteiger partial charge in [0.15, 0.2) is 5.60 Å². The molecule has 4 aliphatic rings. The molecule has 5 atom stereocenters. The number of ether oxygens (including phenoxy) is 3. The van der Waals surface area contributed by atoms with Crippen molar-refractivity contribution >= 4 is 0 Å². The van der Waals surface area contributed by atoms with Crippen LogP contribution in [0.15, 0.2) is 97.1 Å². The van der Waals surface area contributed by atoms with Gasteiger partial charge in [0.25, 0.3) is 0 Å². The lowest BCUT2D eigenvalue weighted by Gasteiger charge is -2.58. The van der Waals surface area contributed by atoms with Crippen LogP contribution in [0.25, 0.3) is 0 Å². The molecule has 3 heterocycles. The number of benzene rings is 4. The zero-order valence-corrected chi connectivity index (χ0v) is 20.2. The molecule has 8 rings (SSSR count). The Morgan fingerprint density at radius 3 is 1.83 bits per heavy atom. The van der Waals surface area contributed by atoms with Crippen LogP contribution in [-0.4, -0.2) is 5.11 Å². The van der Waals surface area contributed by atoms with Crippen LogP contribution >= 0.6 is 0 Å². The van der Waals surface area contributed by atoms with E-state index in [9.17, 15) is 5.11 Å². The maximum absolute atomic E-state index is 11.4. The van der Waals surface area contributed by atoms with Gasteiger partial charge in [-0.15, -0.1) is 0 Å². The average Bonchev–Trinajstić information content (AvgIpc) is 3.08. The zero-order valence-electron chi connectivity index (χ0n) is 20.2. The second-order valence-electron chi connectivity index (χ2n) is 11.0. The fourth-order valence-electron chi connectivity index (χ4n) is 8.15. The molecule has 4 nitrogen and oxygen atoms in total. The Morgan fingerprint density at radius 2 is 1.14 bits per heavy atom. The molecule has 0 amide bonds. The van der Waals surface area contributed by atoms with Crippen LogP contribution in [0.4, 0.5) is 0 Å². The van der Waals surface area contributed by atoms with E-state index in [2.05, 4.69) is 50.2 Å². The van der Waals surface area contributed by atoms with E-state index in [1.54, 1.807) is 6.07 Å². The predicted molar refractivity (Wildman–Crippen MR) is 135 cm³/mol. The average molecular weight is 475 g/mol. The van der Waals surface area contributed by atoms with Crippen molar-refractivity contribution in [3.05, 3.63) is 119 Å². The Bertz CT molecular complexity index is 1580. The number of hydrogen-bond acceptors (Lipinski definition) is 4. The molecule has 1 fully saturated rings. The lowest BCUT2D eigenvalue weighted by Crippen LogP contribution is -2.64. The summed E-state index contributed by atoms with van der Waals surface area (Å²) < 4.78 is 21.5. The van der Waals surface area contributed by atoms with Crippen molar-refractivity contribution in [2.24, 2.45) is 5.92 Å². The quantitative estimate of drug-likeness (QED) is 0.340. The minimum Gasteiger partial charge on any atom is -0.508 e. The molecule has 4 aromatic carbocycles. The van der Waals surface area contributed by atoms with Gasteiger partial charge >= 0.3 is 0 Å². The number of phenols is 1. The van der Waals surface area contributed by atoms with Gasteiger partial charge in [-0.2, -0.15) is 0 Å². The third-order valence-electron chi connectivity index (χ3n) is 9.30. The van der Waals surface area contributed by atoms with Gasteiger partial charge in [-0.1, -0.05) is 79.7 Å². The van der Waals surface area contributed by atoms with Crippen molar-refractivity contribution in [2.75, 3.05) is 0 Å². The summed E-state index contributed by atoms with van der Waals surface area (Å²) in [7, 11) is 0. The van der Waals surface area contributed by atoms with E-state index in [1.165, 1.54) is 0 Å². The van der Waals surface area contributed by atoms with Crippen LogP contribution in [0.3, 0.4) is 0 Å². The molecular weight excluding hydrogens is 448 g/mol. The summed E-state index contributed by atoms with van der Waals surface area (Å²) in [5.74, 6) is 2.41. The molecule has 178 valence electrons. The highest BCUT2D eigenvalue weighted by Gasteiger charge is 2.83. The van der Waals surface area contributed by atoms with Crippen molar-refractivity contribution < 1.29 is 19.3 Å². The van der Waals surface area contributed by atoms with Gasteiger partial charge in [0.05, 0.1) is 5.92 Å². The van der Waals surface area contributed by atoms with E-state index < -0.39 is 22.2 Å². The second-order valence-corrected chi connectivity index (χ2v) is 11.0. The van der Waals surface area contributed by atoms with Crippen LogP contribution in [0, 0.1) is 5.92 Å². The summed E-state index contributed by atoms with van der Waals surface area (Å²) in [6, 6.07) is 32.3. The largest absolute Gasteiger partial charge is 0.508 e. The molecule has 2 bridgehead atoms. The second kappa shape index (κ2) is 6.25. The summed E-state index contributed by atoms with van der Waals surface area (Å²) in [6.07, 6.45) is 0.694. The molecule has 0 unspecified atom stereocenters. The molecule has 4 aromatic rings. The van der Waals surface area contributed by atoms with Gasteiger partial charge in [0.1, 0.15) is 34.2 Å². The van der Waals surface area contributed by atoms with Gasteiger partial charge in [-0.25, -0.2) is 0 Å². The molecule has 1 spiro atoms. The molecule has 3 aliphatic heterocycles. The summed E-state index contributed by atoms with van der Waals surface area (Å²) in [5, 5.41) is 11.4. The highest BCUT2D eigenvalue weighted by Crippen LogP contribution is 2.78. The lowest BCUT2D eigenvalue weighted by atomic mass is 9.58. The van der Waals surface area contributed by atoms with Gasteiger partial charge in [0.2, 0.25) is 0 Å². The molecule has 0 aromatic heterocycles. The number of aromatic hydroxyl groups is 1. The summed E-state index contributed by atoms with van der Waals surface area (Å²) in [6.45, 7) is 4.45. The molecule has 0 radical (unpaired) electrons. The first-order valence-electron chi connectivity index (χ1n) is 12.6. The first-order chi connectivity index (χ1) is 17.4. The smallest absolute Gasteiger partial charge is 0.158 e. The SMILES string of the molecule is C[C@]12Oc3ccccc3[C@@]34C[C@@](C)(c5ccccc5O3)[C@](c3ccccc3O)(Oc3ccccc31)[C@H]24. The van der Waals surface area contributed by atoms with Crippen LogP contribution < -0.4 is 14.2 Å². The molecule has 1 saturated carbocycles. The van der Waals surface area contributed by atoms with E-state index in [-0.39, 0.29) is 11.7 Å². The third kappa shape index (κ3) is 2.02. The number of fused-ring (bicyclic) bond motifs is 7. The van der Waals surface area contributed by atoms with E-state index in [4.69, 9.17) is 14.2 Å². The summed E-state index contributed by atoms with van der Waals surface area (Å²) in [4.78, 5) is 0. The Kier molecular flexibility index (Phi) is 3.52. The Balaban J connectivity index is 1.59. The first kappa shape index (κ1) is 20.3. The van der Waals surface area contributed by atoms with Gasteiger partial charge < -0.3 is 19.3 Å². The van der Waals surface area contributed by atoms with Crippen molar-refractivity contribution in [3.8, 4) is 23.0 Å². The monoisotopic (exact) mass is 474 g/mol. The molecule has 1 N–H and O–H groups in total. The number of phenolic OH excluding ortho intramolecular Hbond substituents is 1. The normalized spacial score (nSPS) is 34.1. The maximum Gasteiger partial charge on any atom is 0.158 e. The highest BCUT2D eigenvalue weighted by molar-refractivity contribution is 5.62. The topological polar surface area (TPSA) is 47.9 Å². The Hall–Kier alpha value is -3.92. The van der Waals surface area contributed by atoms with Crippen LogP contribution in [0.2, 0.25) is 0 Å². The molecule has 4 heteroatoms. The summed E-state index contributed by atoms with van der Waals surface area (Å²) >= 11 is 0. The minimum atomic E-state index is -0.957. The fourth-order valence-corrected chi connectivity index (χ4v) is 8.15. The number of para-hydroxylation sites is 4. The zero-order chi connectivity index (χ0) is 24.3. The van der Waals surface area contributed by atoms with Gasteiger partial charge in [-0.05, 0) is 31.2 Å². The molecule has 36 heavy (non-hydrogen) atoms. The van der Waals surface area contributed by atoms with Crippen LogP contribution in [-0.2, 0) is 22.2 Å². The third-order valence-corrected chi connectivity index (χ3v) is 9.30. The van der Waals surface area contributed by atoms with Crippen molar-refractivity contribution in [2.45, 2.75) is 42.5 Å². The van der Waals surface area contributed by atoms with E-state index >= 15 is 0 Å². The predicted octanol–water partition coefficient (Wildman–Crippen LogP) is 6.55.